The van der Waals surface area contributed by atoms with Gasteiger partial charge in [0.1, 0.15) is 5.75 Å². The van der Waals surface area contributed by atoms with Gasteiger partial charge in [0, 0.05) is 0 Å². The van der Waals surface area contributed by atoms with Crippen molar-refractivity contribution in [3.63, 3.8) is 0 Å². The van der Waals surface area contributed by atoms with Crippen LogP contribution in [0, 0.1) is 5.92 Å². The van der Waals surface area contributed by atoms with Crippen molar-refractivity contribution in [1.29, 1.82) is 0 Å². The van der Waals surface area contributed by atoms with Gasteiger partial charge in [0.2, 0.25) is 0 Å². The number of ether oxygens (including phenoxy) is 4. The Morgan fingerprint density at radius 1 is 1.10 bits per heavy atom. The lowest BCUT2D eigenvalue weighted by atomic mass is 9.96. The SMILES string of the molecule is CCOC(=O)C1=C(C)N=c2s/c(=C/c3ccc(OCCC(C)C)c(OC)c3)c(=O)n2[C@@H]1c1ccc(OC)cc1. The maximum atomic E-state index is 13.8. The highest BCUT2D eigenvalue weighted by atomic mass is 32.1. The van der Waals surface area contributed by atoms with E-state index in [4.69, 9.17) is 18.9 Å². The van der Waals surface area contributed by atoms with Crippen molar-refractivity contribution >= 4 is 23.4 Å². The molecule has 1 aliphatic rings. The van der Waals surface area contributed by atoms with Crippen molar-refractivity contribution in [2.24, 2.45) is 10.9 Å². The largest absolute Gasteiger partial charge is 0.497 e. The van der Waals surface area contributed by atoms with Gasteiger partial charge in [-0.2, -0.15) is 0 Å². The second-order valence-corrected chi connectivity index (χ2v) is 10.5. The van der Waals surface area contributed by atoms with E-state index in [0.29, 0.717) is 50.4 Å². The molecule has 206 valence electrons. The number of carbonyl (C=O) groups excluding carboxylic acids is 1. The summed E-state index contributed by atoms with van der Waals surface area (Å²) >= 11 is 1.27. The highest BCUT2D eigenvalue weighted by Crippen LogP contribution is 2.32. The van der Waals surface area contributed by atoms with Crippen molar-refractivity contribution in [1.82, 2.24) is 4.57 Å². The second-order valence-electron chi connectivity index (χ2n) is 9.52. The molecule has 0 saturated heterocycles. The maximum absolute atomic E-state index is 13.8. The van der Waals surface area contributed by atoms with Gasteiger partial charge in [-0.25, -0.2) is 9.79 Å². The summed E-state index contributed by atoms with van der Waals surface area (Å²) in [7, 11) is 3.18. The van der Waals surface area contributed by atoms with Crippen LogP contribution in [0.3, 0.4) is 0 Å². The van der Waals surface area contributed by atoms with Gasteiger partial charge in [0.25, 0.3) is 5.56 Å². The zero-order valence-corrected chi connectivity index (χ0v) is 24.0. The first-order valence-electron chi connectivity index (χ1n) is 12.9. The minimum absolute atomic E-state index is 0.217. The number of hydrogen-bond donors (Lipinski definition) is 0. The highest BCUT2D eigenvalue weighted by molar-refractivity contribution is 7.07. The zero-order valence-electron chi connectivity index (χ0n) is 23.1. The fourth-order valence-corrected chi connectivity index (χ4v) is 5.39. The predicted molar refractivity (Wildman–Crippen MR) is 151 cm³/mol. The van der Waals surface area contributed by atoms with Crippen LogP contribution >= 0.6 is 11.3 Å². The Labute approximate surface area is 231 Å². The van der Waals surface area contributed by atoms with Crippen molar-refractivity contribution in [3.8, 4) is 17.2 Å². The van der Waals surface area contributed by atoms with Crippen molar-refractivity contribution < 1.29 is 23.7 Å². The lowest BCUT2D eigenvalue weighted by Gasteiger charge is -2.24. The third kappa shape index (κ3) is 6.09. The number of hydrogen-bond acceptors (Lipinski definition) is 8. The van der Waals surface area contributed by atoms with Gasteiger partial charge in [-0.05, 0) is 67.7 Å². The molecule has 0 fully saturated rings. The summed E-state index contributed by atoms with van der Waals surface area (Å²) in [5.74, 6) is 1.97. The Morgan fingerprint density at radius 2 is 1.85 bits per heavy atom. The molecule has 39 heavy (non-hydrogen) atoms. The smallest absolute Gasteiger partial charge is 0.338 e. The van der Waals surface area contributed by atoms with E-state index in [0.717, 1.165) is 17.5 Å². The second kappa shape index (κ2) is 12.3. The van der Waals surface area contributed by atoms with Crippen LogP contribution in [0.2, 0.25) is 0 Å². The lowest BCUT2D eigenvalue weighted by Crippen LogP contribution is -2.39. The van der Waals surface area contributed by atoms with Crippen LogP contribution in [-0.2, 0) is 9.53 Å². The molecule has 0 unspecified atom stereocenters. The Morgan fingerprint density at radius 3 is 2.49 bits per heavy atom. The van der Waals surface area contributed by atoms with Gasteiger partial charge in [-0.15, -0.1) is 0 Å². The Hall–Kier alpha value is -3.85. The molecule has 4 rings (SSSR count). The van der Waals surface area contributed by atoms with Crippen molar-refractivity contribution in [2.45, 2.75) is 40.2 Å². The minimum Gasteiger partial charge on any atom is -0.497 e. The summed E-state index contributed by atoms with van der Waals surface area (Å²) in [6.45, 7) is 8.63. The van der Waals surface area contributed by atoms with Crippen molar-refractivity contribution in [3.05, 3.63) is 84.5 Å². The molecule has 2 heterocycles. The normalized spacial score (nSPS) is 15.2. The molecule has 1 atom stereocenters. The van der Waals surface area contributed by atoms with E-state index >= 15 is 0 Å². The summed E-state index contributed by atoms with van der Waals surface area (Å²) in [6.07, 6.45) is 2.74. The number of esters is 1. The molecule has 0 aliphatic carbocycles. The number of rotatable bonds is 10. The van der Waals surface area contributed by atoms with Crippen LogP contribution in [0.1, 0.15) is 51.3 Å². The van der Waals surface area contributed by atoms with Gasteiger partial charge < -0.3 is 18.9 Å². The molecule has 0 amide bonds. The van der Waals surface area contributed by atoms with E-state index in [1.165, 1.54) is 11.3 Å². The number of carbonyl (C=O) groups is 1. The molecule has 0 bridgehead atoms. The van der Waals surface area contributed by atoms with Crippen LogP contribution in [0.25, 0.3) is 6.08 Å². The zero-order chi connectivity index (χ0) is 28.1. The summed E-state index contributed by atoms with van der Waals surface area (Å²) in [5, 5.41) is 0. The Balaban J connectivity index is 1.80. The van der Waals surface area contributed by atoms with Gasteiger partial charge >= 0.3 is 5.97 Å². The lowest BCUT2D eigenvalue weighted by molar-refractivity contribution is -0.139. The molecule has 8 nitrogen and oxygen atoms in total. The number of nitrogens with zero attached hydrogens (tertiary/aromatic N) is 2. The van der Waals surface area contributed by atoms with Gasteiger partial charge in [-0.1, -0.05) is 43.4 Å². The van der Waals surface area contributed by atoms with Crippen LogP contribution in [0.15, 0.2) is 63.5 Å². The minimum atomic E-state index is -0.681. The summed E-state index contributed by atoms with van der Waals surface area (Å²) < 4.78 is 24.2. The first-order chi connectivity index (χ1) is 18.8. The highest BCUT2D eigenvalue weighted by Gasteiger charge is 2.33. The molecule has 0 saturated carbocycles. The molecule has 1 aromatic heterocycles. The molecule has 3 aromatic rings. The maximum Gasteiger partial charge on any atom is 0.338 e. The van der Waals surface area contributed by atoms with E-state index in [1.54, 1.807) is 50.8 Å². The molecular formula is C30H34N2O6S. The Kier molecular flexibility index (Phi) is 8.91. The molecule has 2 aromatic carbocycles. The van der Waals surface area contributed by atoms with E-state index < -0.39 is 12.0 Å². The third-order valence-electron chi connectivity index (χ3n) is 6.39. The summed E-state index contributed by atoms with van der Waals surface area (Å²) in [5.41, 5.74) is 2.16. The fraction of sp³-hybridized carbons (Fsp3) is 0.367. The number of aromatic nitrogens is 1. The molecule has 0 spiro atoms. The van der Waals surface area contributed by atoms with E-state index in [1.807, 2.05) is 30.3 Å². The first kappa shape index (κ1) is 28.2. The number of allylic oxidation sites excluding steroid dienone is 1. The Bertz CT molecular complexity index is 1550. The number of benzene rings is 2. The third-order valence-corrected chi connectivity index (χ3v) is 7.37. The van der Waals surface area contributed by atoms with Crippen LogP contribution in [-0.4, -0.2) is 38.0 Å². The average Bonchev–Trinajstić information content (AvgIpc) is 3.22. The predicted octanol–water partition coefficient (Wildman–Crippen LogP) is 4.24. The molecular weight excluding hydrogens is 516 g/mol. The first-order valence-corrected chi connectivity index (χ1v) is 13.7. The topological polar surface area (TPSA) is 88.4 Å². The molecule has 9 heteroatoms. The summed E-state index contributed by atoms with van der Waals surface area (Å²) in [6, 6.07) is 12.2. The van der Waals surface area contributed by atoms with Gasteiger partial charge in [0.15, 0.2) is 16.3 Å². The standard InChI is InChI=1S/C30H34N2O6S/c1-7-37-29(34)26-19(4)31-30-32(27(26)21-9-11-22(35-5)12-10-21)28(33)25(39-30)17-20-8-13-23(24(16-20)36-6)38-15-14-18(2)3/h8-13,16-18,27H,7,14-15H2,1-6H3/b25-17+/t27-/m1/s1. The molecule has 1 aliphatic heterocycles. The fourth-order valence-electron chi connectivity index (χ4n) is 4.34. The van der Waals surface area contributed by atoms with Crippen LogP contribution < -0.4 is 29.1 Å². The molecule has 0 radical (unpaired) electrons. The van der Waals surface area contributed by atoms with Gasteiger partial charge in [0.05, 0.1) is 49.3 Å². The van der Waals surface area contributed by atoms with E-state index in [-0.39, 0.29) is 12.2 Å². The van der Waals surface area contributed by atoms with Gasteiger partial charge in [-0.3, -0.25) is 9.36 Å². The molecule has 0 N–H and O–H groups in total. The van der Waals surface area contributed by atoms with E-state index in [2.05, 4.69) is 18.8 Å². The number of methoxy groups -OCH3 is 2. The van der Waals surface area contributed by atoms with Crippen molar-refractivity contribution in [2.75, 3.05) is 27.4 Å². The van der Waals surface area contributed by atoms with Crippen LogP contribution in [0.5, 0.6) is 17.2 Å². The summed E-state index contributed by atoms with van der Waals surface area (Å²) in [4.78, 5) is 32.0. The number of fused-ring (bicyclic) bond motifs is 1. The quantitative estimate of drug-likeness (QED) is 0.351. The van der Waals surface area contributed by atoms with Crippen LogP contribution in [0.4, 0.5) is 0 Å². The monoisotopic (exact) mass is 550 g/mol. The van der Waals surface area contributed by atoms with E-state index in [9.17, 15) is 9.59 Å². The average molecular weight is 551 g/mol. The number of thiazole rings is 1.